The molecule has 0 bridgehead atoms. The number of nitrogens with zero attached hydrogens (tertiary/aromatic N) is 4. The third kappa shape index (κ3) is 4.23. The predicted molar refractivity (Wildman–Crippen MR) is 92.9 cm³/mol. The summed E-state index contributed by atoms with van der Waals surface area (Å²) >= 11 is 6.00. The number of aromatic nitrogens is 4. The molecule has 6 nitrogen and oxygen atoms in total. The number of rotatable bonds is 6. The van der Waals surface area contributed by atoms with Gasteiger partial charge in [-0.15, -0.1) is 0 Å². The summed E-state index contributed by atoms with van der Waals surface area (Å²) in [7, 11) is 1.86. The number of carbonyl (C=O) groups is 1. The Hall–Kier alpha value is -2.60. The van der Waals surface area contributed by atoms with Crippen LogP contribution >= 0.6 is 11.6 Å². The number of aryl methyl sites for hydroxylation is 2. The van der Waals surface area contributed by atoms with Gasteiger partial charge in [-0.2, -0.15) is 10.2 Å². The van der Waals surface area contributed by atoms with Gasteiger partial charge in [0.1, 0.15) is 5.82 Å². The highest BCUT2D eigenvalue weighted by molar-refractivity contribution is 6.30. The molecule has 0 radical (unpaired) electrons. The van der Waals surface area contributed by atoms with Crippen LogP contribution in [0.25, 0.3) is 0 Å². The SMILES string of the molecule is Cn1cc(CCC(=O)Nc2ccnn2Cc2cccc(Cl)c2)cn1. The summed E-state index contributed by atoms with van der Waals surface area (Å²) in [5, 5.41) is 11.9. The normalized spacial score (nSPS) is 10.8. The Kier molecular flexibility index (Phi) is 4.96. The van der Waals surface area contributed by atoms with Crippen LogP contribution in [0.1, 0.15) is 17.5 Å². The van der Waals surface area contributed by atoms with E-state index in [1.54, 1.807) is 27.8 Å². The fraction of sp³-hybridized carbons (Fsp3) is 0.235. The minimum Gasteiger partial charge on any atom is -0.311 e. The first-order valence-electron chi connectivity index (χ1n) is 7.64. The van der Waals surface area contributed by atoms with Crippen LogP contribution < -0.4 is 5.32 Å². The Labute approximate surface area is 145 Å². The maximum Gasteiger partial charge on any atom is 0.225 e. The van der Waals surface area contributed by atoms with Crippen molar-refractivity contribution < 1.29 is 4.79 Å². The van der Waals surface area contributed by atoms with Crippen molar-refractivity contribution >= 4 is 23.3 Å². The van der Waals surface area contributed by atoms with Gasteiger partial charge >= 0.3 is 0 Å². The Balaban J connectivity index is 1.59. The molecular formula is C17H18ClN5O. The highest BCUT2D eigenvalue weighted by atomic mass is 35.5. The summed E-state index contributed by atoms with van der Waals surface area (Å²) in [6, 6.07) is 9.37. The quantitative estimate of drug-likeness (QED) is 0.748. The molecule has 0 saturated carbocycles. The minimum absolute atomic E-state index is 0.0494. The van der Waals surface area contributed by atoms with E-state index in [4.69, 9.17) is 11.6 Å². The van der Waals surface area contributed by atoms with Crippen molar-refractivity contribution in [2.45, 2.75) is 19.4 Å². The fourth-order valence-corrected chi connectivity index (χ4v) is 2.65. The van der Waals surface area contributed by atoms with Gasteiger partial charge in [0.15, 0.2) is 0 Å². The van der Waals surface area contributed by atoms with Crippen molar-refractivity contribution in [3.63, 3.8) is 0 Å². The Morgan fingerprint density at radius 2 is 2.12 bits per heavy atom. The lowest BCUT2D eigenvalue weighted by Crippen LogP contribution is -2.16. The van der Waals surface area contributed by atoms with E-state index in [0.29, 0.717) is 30.2 Å². The first kappa shape index (κ1) is 16.3. The third-order valence-electron chi connectivity index (χ3n) is 3.60. The van der Waals surface area contributed by atoms with E-state index in [0.717, 1.165) is 11.1 Å². The van der Waals surface area contributed by atoms with Gasteiger partial charge < -0.3 is 5.32 Å². The highest BCUT2D eigenvalue weighted by Gasteiger charge is 2.09. The fourth-order valence-electron chi connectivity index (χ4n) is 2.44. The summed E-state index contributed by atoms with van der Waals surface area (Å²) in [5.74, 6) is 0.623. The van der Waals surface area contributed by atoms with Crippen LogP contribution in [0.3, 0.4) is 0 Å². The summed E-state index contributed by atoms with van der Waals surface area (Å²) in [5.41, 5.74) is 2.07. The average Bonchev–Trinajstić information content (AvgIpc) is 3.15. The zero-order valence-corrected chi connectivity index (χ0v) is 14.1. The molecular weight excluding hydrogens is 326 g/mol. The van der Waals surface area contributed by atoms with Crippen LogP contribution in [-0.2, 0) is 24.8 Å². The van der Waals surface area contributed by atoms with E-state index in [1.165, 1.54) is 0 Å². The lowest BCUT2D eigenvalue weighted by molar-refractivity contribution is -0.116. The van der Waals surface area contributed by atoms with Crippen LogP contribution in [0, 0.1) is 0 Å². The lowest BCUT2D eigenvalue weighted by atomic mass is 10.2. The van der Waals surface area contributed by atoms with E-state index in [1.807, 2.05) is 37.5 Å². The Morgan fingerprint density at radius 3 is 2.88 bits per heavy atom. The molecule has 24 heavy (non-hydrogen) atoms. The van der Waals surface area contributed by atoms with Crippen molar-refractivity contribution in [3.05, 3.63) is 65.1 Å². The number of amides is 1. The molecule has 1 aromatic carbocycles. The molecule has 2 heterocycles. The third-order valence-corrected chi connectivity index (χ3v) is 3.84. The number of hydrogen-bond donors (Lipinski definition) is 1. The van der Waals surface area contributed by atoms with Gasteiger partial charge in [0.25, 0.3) is 0 Å². The second-order valence-electron chi connectivity index (χ2n) is 5.57. The van der Waals surface area contributed by atoms with Gasteiger partial charge in [-0.3, -0.25) is 9.48 Å². The highest BCUT2D eigenvalue weighted by Crippen LogP contribution is 2.15. The molecule has 0 aliphatic heterocycles. The van der Waals surface area contributed by atoms with Crippen molar-refractivity contribution in [2.24, 2.45) is 7.05 Å². The maximum absolute atomic E-state index is 12.1. The Bertz CT molecular complexity index is 839. The summed E-state index contributed by atoms with van der Waals surface area (Å²) in [6.45, 7) is 0.547. The number of carbonyl (C=O) groups excluding carboxylic acids is 1. The van der Waals surface area contributed by atoms with Gasteiger partial charge in [0.2, 0.25) is 5.91 Å². The molecule has 2 aromatic heterocycles. The molecule has 0 atom stereocenters. The number of hydrogen-bond acceptors (Lipinski definition) is 3. The molecule has 3 rings (SSSR count). The van der Waals surface area contributed by atoms with E-state index in [2.05, 4.69) is 15.5 Å². The van der Waals surface area contributed by atoms with Crippen molar-refractivity contribution in [1.29, 1.82) is 0 Å². The molecule has 1 N–H and O–H groups in total. The average molecular weight is 344 g/mol. The molecule has 0 unspecified atom stereocenters. The smallest absolute Gasteiger partial charge is 0.225 e. The second kappa shape index (κ2) is 7.31. The van der Waals surface area contributed by atoms with E-state index < -0.39 is 0 Å². The maximum atomic E-state index is 12.1. The van der Waals surface area contributed by atoms with E-state index in [9.17, 15) is 4.79 Å². The van der Waals surface area contributed by atoms with Crippen LogP contribution in [0.2, 0.25) is 5.02 Å². The molecule has 7 heteroatoms. The van der Waals surface area contributed by atoms with Crippen molar-refractivity contribution in [3.8, 4) is 0 Å². The van der Waals surface area contributed by atoms with Crippen molar-refractivity contribution in [2.75, 3.05) is 5.32 Å². The van der Waals surface area contributed by atoms with Crippen LogP contribution in [0.4, 0.5) is 5.82 Å². The zero-order valence-electron chi connectivity index (χ0n) is 13.3. The zero-order chi connectivity index (χ0) is 16.9. The second-order valence-corrected chi connectivity index (χ2v) is 6.01. The topological polar surface area (TPSA) is 64.7 Å². The first-order chi connectivity index (χ1) is 11.6. The standard InChI is InChI=1S/C17H18ClN5O/c1-22-11-14(10-20-22)5-6-17(24)21-16-7-8-19-23(16)12-13-3-2-4-15(18)9-13/h2-4,7-11H,5-6,12H2,1H3,(H,21,24). The molecule has 1 amide bonds. The van der Waals surface area contributed by atoms with Crippen molar-refractivity contribution in [1.82, 2.24) is 19.6 Å². The molecule has 0 aliphatic rings. The van der Waals surface area contributed by atoms with Crippen LogP contribution in [0.5, 0.6) is 0 Å². The molecule has 124 valence electrons. The Morgan fingerprint density at radius 1 is 1.25 bits per heavy atom. The van der Waals surface area contributed by atoms with Gasteiger partial charge in [0.05, 0.1) is 18.9 Å². The molecule has 0 spiro atoms. The monoisotopic (exact) mass is 343 g/mol. The van der Waals surface area contributed by atoms with Gasteiger partial charge in [-0.25, -0.2) is 4.68 Å². The molecule has 0 fully saturated rings. The summed E-state index contributed by atoms with van der Waals surface area (Å²) < 4.78 is 3.47. The summed E-state index contributed by atoms with van der Waals surface area (Å²) in [6.07, 6.45) is 6.41. The van der Waals surface area contributed by atoms with Crippen LogP contribution in [-0.4, -0.2) is 25.5 Å². The minimum atomic E-state index is -0.0494. The first-order valence-corrected chi connectivity index (χ1v) is 8.01. The lowest BCUT2D eigenvalue weighted by Gasteiger charge is -2.09. The number of benzene rings is 1. The molecule has 0 saturated heterocycles. The molecule has 3 aromatic rings. The van der Waals surface area contributed by atoms with E-state index >= 15 is 0 Å². The van der Waals surface area contributed by atoms with Gasteiger partial charge in [-0.1, -0.05) is 23.7 Å². The van der Waals surface area contributed by atoms with E-state index in [-0.39, 0.29) is 5.91 Å². The van der Waals surface area contributed by atoms with Crippen LogP contribution in [0.15, 0.2) is 48.9 Å². The van der Waals surface area contributed by atoms with Gasteiger partial charge in [-0.05, 0) is 29.7 Å². The molecule has 0 aliphatic carbocycles. The largest absolute Gasteiger partial charge is 0.311 e. The number of anilines is 1. The predicted octanol–water partition coefficient (Wildman–Crippen LogP) is 2.89. The number of halogens is 1. The summed E-state index contributed by atoms with van der Waals surface area (Å²) in [4.78, 5) is 12.1. The van der Waals surface area contributed by atoms with Gasteiger partial charge in [0, 0.05) is 30.8 Å². The number of nitrogens with one attached hydrogen (secondary N) is 1.